The molecule has 0 atom stereocenters. The number of benzene rings is 2. The van der Waals surface area contributed by atoms with E-state index in [1.165, 1.54) is 22.3 Å². The molecule has 2 N–H and O–H groups in total. The zero-order valence-corrected chi connectivity index (χ0v) is 12.2. The van der Waals surface area contributed by atoms with Crippen LogP contribution in [0.5, 0.6) is 0 Å². The van der Waals surface area contributed by atoms with Crippen molar-refractivity contribution in [2.24, 2.45) is 5.73 Å². The highest BCUT2D eigenvalue weighted by atomic mass is 15.3. The molecule has 0 amide bonds. The second kappa shape index (κ2) is 5.94. The number of aromatic nitrogens is 2. The standard InChI is InChI=1S/C18H19N3/c1-14-9-15(10-19)7-8-17(14)12-21-13-18(11-20-21)16-5-3-2-4-6-16/h2-9,11,13H,10,12,19H2,1H3. The third-order valence-corrected chi connectivity index (χ3v) is 3.72. The number of hydrogen-bond acceptors (Lipinski definition) is 2. The first kappa shape index (κ1) is 13.6. The zero-order chi connectivity index (χ0) is 14.7. The minimum absolute atomic E-state index is 0.584. The van der Waals surface area contributed by atoms with Crippen LogP contribution in [0.25, 0.3) is 11.1 Å². The van der Waals surface area contributed by atoms with E-state index in [2.05, 4.69) is 48.6 Å². The second-order valence-electron chi connectivity index (χ2n) is 5.26. The molecule has 0 aliphatic carbocycles. The molecule has 3 nitrogen and oxygen atoms in total. The van der Waals surface area contributed by atoms with E-state index in [0.29, 0.717) is 6.54 Å². The van der Waals surface area contributed by atoms with E-state index >= 15 is 0 Å². The van der Waals surface area contributed by atoms with Gasteiger partial charge in [0, 0.05) is 18.3 Å². The maximum atomic E-state index is 5.67. The second-order valence-corrected chi connectivity index (χ2v) is 5.26. The van der Waals surface area contributed by atoms with Gasteiger partial charge in [0.15, 0.2) is 0 Å². The lowest BCUT2D eigenvalue weighted by atomic mass is 10.1. The van der Waals surface area contributed by atoms with Crippen LogP contribution >= 0.6 is 0 Å². The van der Waals surface area contributed by atoms with Crippen LogP contribution in [0, 0.1) is 6.92 Å². The summed E-state index contributed by atoms with van der Waals surface area (Å²) >= 11 is 0. The van der Waals surface area contributed by atoms with Crippen molar-refractivity contribution in [2.75, 3.05) is 0 Å². The molecule has 3 aromatic rings. The minimum Gasteiger partial charge on any atom is -0.326 e. The van der Waals surface area contributed by atoms with Crippen LogP contribution in [-0.2, 0) is 13.1 Å². The van der Waals surface area contributed by atoms with Gasteiger partial charge in [-0.05, 0) is 29.2 Å². The van der Waals surface area contributed by atoms with E-state index in [1.807, 2.05) is 29.1 Å². The molecule has 0 saturated carbocycles. The van der Waals surface area contributed by atoms with Gasteiger partial charge in [0.25, 0.3) is 0 Å². The number of aryl methyl sites for hydroxylation is 1. The van der Waals surface area contributed by atoms with Crippen LogP contribution in [0.2, 0.25) is 0 Å². The van der Waals surface area contributed by atoms with Crippen molar-refractivity contribution in [3.05, 3.63) is 77.6 Å². The van der Waals surface area contributed by atoms with Crippen LogP contribution in [-0.4, -0.2) is 9.78 Å². The van der Waals surface area contributed by atoms with Crippen molar-refractivity contribution in [2.45, 2.75) is 20.0 Å². The molecular weight excluding hydrogens is 258 g/mol. The Morgan fingerprint density at radius 3 is 2.57 bits per heavy atom. The molecule has 0 spiro atoms. The molecule has 106 valence electrons. The molecule has 3 heteroatoms. The SMILES string of the molecule is Cc1cc(CN)ccc1Cn1cc(-c2ccccc2)cn1. The van der Waals surface area contributed by atoms with Crippen molar-refractivity contribution in [3.8, 4) is 11.1 Å². The van der Waals surface area contributed by atoms with E-state index in [-0.39, 0.29) is 0 Å². The van der Waals surface area contributed by atoms with Crippen molar-refractivity contribution < 1.29 is 0 Å². The number of nitrogens with two attached hydrogens (primary N) is 1. The fraction of sp³-hybridized carbons (Fsp3) is 0.167. The first-order valence-corrected chi connectivity index (χ1v) is 7.12. The topological polar surface area (TPSA) is 43.8 Å². The van der Waals surface area contributed by atoms with Gasteiger partial charge in [-0.1, -0.05) is 48.5 Å². The molecule has 0 unspecified atom stereocenters. The number of nitrogens with zero attached hydrogens (tertiary/aromatic N) is 2. The van der Waals surface area contributed by atoms with Gasteiger partial charge in [-0.25, -0.2) is 0 Å². The van der Waals surface area contributed by atoms with Crippen molar-refractivity contribution in [3.63, 3.8) is 0 Å². The average Bonchev–Trinajstić information content (AvgIpc) is 2.99. The predicted molar refractivity (Wildman–Crippen MR) is 85.8 cm³/mol. The van der Waals surface area contributed by atoms with E-state index in [9.17, 15) is 0 Å². The van der Waals surface area contributed by atoms with E-state index in [4.69, 9.17) is 5.73 Å². The summed E-state index contributed by atoms with van der Waals surface area (Å²) in [6.45, 7) is 3.49. The van der Waals surface area contributed by atoms with Gasteiger partial charge in [-0.3, -0.25) is 4.68 Å². The highest BCUT2D eigenvalue weighted by Crippen LogP contribution is 2.19. The van der Waals surface area contributed by atoms with Gasteiger partial charge in [-0.15, -0.1) is 0 Å². The Hall–Kier alpha value is -2.39. The monoisotopic (exact) mass is 277 g/mol. The summed E-state index contributed by atoms with van der Waals surface area (Å²) in [5.74, 6) is 0. The summed E-state index contributed by atoms with van der Waals surface area (Å²) < 4.78 is 1.98. The first-order valence-electron chi connectivity index (χ1n) is 7.12. The molecule has 0 bridgehead atoms. The maximum Gasteiger partial charge on any atom is 0.0662 e. The Labute approximate surface area is 125 Å². The van der Waals surface area contributed by atoms with Crippen molar-refractivity contribution >= 4 is 0 Å². The van der Waals surface area contributed by atoms with E-state index in [0.717, 1.165) is 12.1 Å². The lowest BCUT2D eigenvalue weighted by Crippen LogP contribution is -2.03. The van der Waals surface area contributed by atoms with E-state index < -0.39 is 0 Å². The Balaban J connectivity index is 1.82. The van der Waals surface area contributed by atoms with Gasteiger partial charge >= 0.3 is 0 Å². The van der Waals surface area contributed by atoms with Crippen molar-refractivity contribution in [1.82, 2.24) is 9.78 Å². The van der Waals surface area contributed by atoms with Crippen LogP contribution < -0.4 is 5.73 Å². The molecule has 2 aromatic carbocycles. The fourth-order valence-corrected chi connectivity index (χ4v) is 2.47. The van der Waals surface area contributed by atoms with Crippen LogP contribution in [0.15, 0.2) is 60.9 Å². The van der Waals surface area contributed by atoms with Gasteiger partial charge in [0.2, 0.25) is 0 Å². The van der Waals surface area contributed by atoms with Crippen molar-refractivity contribution in [1.29, 1.82) is 0 Å². The molecule has 0 fully saturated rings. The third-order valence-electron chi connectivity index (χ3n) is 3.72. The lowest BCUT2D eigenvalue weighted by Gasteiger charge is -2.08. The summed E-state index contributed by atoms with van der Waals surface area (Å²) in [5.41, 5.74) is 11.7. The minimum atomic E-state index is 0.584. The maximum absolute atomic E-state index is 5.67. The normalized spacial score (nSPS) is 10.8. The summed E-state index contributed by atoms with van der Waals surface area (Å²) in [6.07, 6.45) is 4.00. The molecule has 0 saturated heterocycles. The first-order chi connectivity index (χ1) is 10.3. The molecule has 21 heavy (non-hydrogen) atoms. The molecule has 3 rings (SSSR count). The lowest BCUT2D eigenvalue weighted by molar-refractivity contribution is 0.684. The number of rotatable bonds is 4. The Kier molecular flexibility index (Phi) is 3.84. The van der Waals surface area contributed by atoms with Gasteiger partial charge < -0.3 is 5.73 Å². The molecule has 0 aliphatic rings. The molecular formula is C18H19N3. The van der Waals surface area contributed by atoms with Crippen LogP contribution in [0.1, 0.15) is 16.7 Å². The summed E-state index contributed by atoms with van der Waals surface area (Å²) in [7, 11) is 0. The summed E-state index contributed by atoms with van der Waals surface area (Å²) in [6, 6.07) is 16.7. The molecule has 0 aliphatic heterocycles. The van der Waals surface area contributed by atoms with Gasteiger partial charge in [-0.2, -0.15) is 5.10 Å². The Morgan fingerprint density at radius 1 is 1.05 bits per heavy atom. The van der Waals surface area contributed by atoms with Gasteiger partial charge in [0.1, 0.15) is 0 Å². The highest BCUT2D eigenvalue weighted by molar-refractivity contribution is 5.61. The fourth-order valence-electron chi connectivity index (χ4n) is 2.47. The third kappa shape index (κ3) is 3.03. The molecule has 0 radical (unpaired) electrons. The average molecular weight is 277 g/mol. The summed E-state index contributed by atoms with van der Waals surface area (Å²) in [5, 5.41) is 4.46. The molecule has 1 heterocycles. The van der Waals surface area contributed by atoms with E-state index in [1.54, 1.807) is 0 Å². The summed E-state index contributed by atoms with van der Waals surface area (Å²) in [4.78, 5) is 0. The smallest absolute Gasteiger partial charge is 0.0662 e. The highest BCUT2D eigenvalue weighted by Gasteiger charge is 2.04. The van der Waals surface area contributed by atoms with Crippen LogP contribution in [0.4, 0.5) is 0 Å². The zero-order valence-electron chi connectivity index (χ0n) is 12.2. The number of hydrogen-bond donors (Lipinski definition) is 1. The predicted octanol–water partition coefficient (Wildman–Crippen LogP) is 3.37. The Morgan fingerprint density at radius 2 is 1.86 bits per heavy atom. The van der Waals surface area contributed by atoms with Crippen LogP contribution in [0.3, 0.4) is 0 Å². The Bertz CT molecular complexity index is 729. The largest absolute Gasteiger partial charge is 0.326 e. The van der Waals surface area contributed by atoms with Gasteiger partial charge in [0.05, 0.1) is 12.7 Å². The quantitative estimate of drug-likeness (QED) is 0.794. The molecule has 1 aromatic heterocycles.